The fraction of sp³-hybridized carbons (Fsp3) is 0.550. The van der Waals surface area contributed by atoms with Gasteiger partial charge in [-0.05, 0) is 31.7 Å². The maximum absolute atomic E-state index is 12.6. The predicted molar refractivity (Wildman–Crippen MR) is 98.2 cm³/mol. The average molecular weight is 357 g/mol. The molecule has 2 unspecified atom stereocenters. The molecule has 2 atom stereocenters. The second-order valence-electron chi connectivity index (χ2n) is 7.31. The number of hydrogen-bond donors (Lipinski definition) is 2. The number of carbonyl (C=O) groups is 3. The van der Waals surface area contributed by atoms with Crippen LogP contribution < -0.4 is 10.6 Å². The van der Waals surface area contributed by atoms with Gasteiger partial charge in [-0.25, -0.2) is 0 Å². The molecule has 140 valence electrons. The molecule has 0 aliphatic carbocycles. The Bertz CT molecular complexity index is 654. The van der Waals surface area contributed by atoms with E-state index >= 15 is 0 Å². The van der Waals surface area contributed by atoms with Gasteiger partial charge in [-0.1, -0.05) is 30.3 Å². The number of likely N-dealkylation sites (tertiary alicyclic amines) is 1. The summed E-state index contributed by atoms with van der Waals surface area (Å²) in [6, 6.07) is 9.59. The van der Waals surface area contributed by atoms with Gasteiger partial charge in [0.2, 0.25) is 11.8 Å². The van der Waals surface area contributed by atoms with Crippen LogP contribution in [0.2, 0.25) is 0 Å². The van der Waals surface area contributed by atoms with Gasteiger partial charge in [0.25, 0.3) is 0 Å². The van der Waals surface area contributed by atoms with Crippen molar-refractivity contribution in [2.24, 2.45) is 11.8 Å². The molecule has 1 aromatic rings. The van der Waals surface area contributed by atoms with Crippen molar-refractivity contribution in [2.75, 3.05) is 19.6 Å². The minimum atomic E-state index is -0.257. The van der Waals surface area contributed by atoms with Crippen molar-refractivity contribution < 1.29 is 14.4 Å². The number of Topliss-reactive ketones (excluding diaryl/α,β-unsaturated/α-hetero) is 1. The molecule has 0 saturated carbocycles. The summed E-state index contributed by atoms with van der Waals surface area (Å²) in [6.07, 6.45) is 1.97. The van der Waals surface area contributed by atoms with Gasteiger partial charge in [0, 0.05) is 38.0 Å². The fourth-order valence-electron chi connectivity index (χ4n) is 3.75. The quantitative estimate of drug-likeness (QED) is 0.827. The Morgan fingerprint density at radius 3 is 2.42 bits per heavy atom. The highest BCUT2D eigenvalue weighted by molar-refractivity contribution is 5.86. The number of nitrogens with zero attached hydrogens (tertiary/aromatic N) is 1. The van der Waals surface area contributed by atoms with Crippen molar-refractivity contribution in [3.8, 4) is 0 Å². The molecule has 1 aromatic carbocycles. The van der Waals surface area contributed by atoms with Crippen LogP contribution in [-0.4, -0.2) is 48.2 Å². The molecule has 26 heavy (non-hydrogen) atoms. The van der Waals surface area contributed by atoms with Gasteiger partial charge in [0.1, 0.15) is 5.78 Å². The number of benzene rings is 1. The number of hydrogen-bond acceptors (Lipinski definition) is 4. The SMILES string of the molecule is CC(=O)C1CNC(C(=O)N2CCC(C(=O)NCc3ccccc3)CC2)C1. The lowest BCUT2D eigenvalue weighted by molar-refractivity contribution is -0.137. The predicted octanol–water partition coefficient (Wildman–Crippen LogP) is 1.11. The molecule has 6 heteroatoms. The molecule has 2 aliphatic heterocycles. The highest BCUT2D eigenvalue weighted by Gasteiger charge is 2.36. The second kappa shape index (κ2) is 8.45. The summed E-state index contributed by atoms with van der Waals surface area (Å²) < 4.78 is 0. The van der Waals surface area contributed by atoms with Crippen molar-refractivity contribution in [2.45, 2.75) is 38.8 Å². The Morgan fingerprint density at radius 1 is 1.12 bits per heavy atom. The first kappa shape index (κ1) is 18.6. The Hall–Kier alpha value is -2.21. The molecule has 2 aliphatic rings. The smallest absolute Gasteiger partial charge is 0.239 e. The van der Waals surface area contributed by atoms with Gasteiger partial charge in [-0.3, -0.25) is 14.4 Å². The number of rotatable bonds is 5. The maximum atomic E-state index is 12.6. The minimum Gasteiger partial charge on any atom is -0.352 e. The lowest BCUT2D eigenvalue weighted by Gasteiger charge is -2.33. The summed E-state index contributed by atoms with van der Waals surface area (Å²) in [4.78, 5) is 38.3. The molecule has 6 nitrogen and oxygen atoms in total. The van der Waals surface area contributed by atoms with Gasteiger partial charge in [-0.2, -0.15) is 0 Å². The summed E-state index contributed by atoms with van der Waals surface area (Å²) in [5.41, 5.74) is 1.08. The normalized spacial score (nSPS) is 23.7. The van der Waals surface area contributed by atoms with Crippen LogP contribution in [0.1, 0.15) is 31.7 Å². The van der Waals surface area contributed by atoms with Crippen LogP contribution in [0.3, 0.4) is 0 Å². The molecular formula is C20H27N3O3. The third kappa shape index (κ3) is 4.49. The lowest BCUT2D eigenvalue weighted by Crippen LogP contribution is -2.48. The Morgan fingerprint density at radius 2 is 1.81 bits per heavy atom. The monoisotopic (exact) mass is 357 g/mol. The largest absolute Gasteiger partial charge is 0.352 e. The van der Waals surface area contributed by atoms with Crippen molar-refractivity contribution in [3.05, 3.63) is 35.9 Å². The number of carbonyl (C=O) groups excluding carboxylic acids is 3. The third-order valence-electron chi connectivity index (χ3n) is 5.49. The van der Waals surface area contributed by atoms with Crippen molar-refractivity contribution in [1.29, 1.82) is 0 Å². The molecule has 0 bridgehead atoms. The van der Waals surface area contributed by atoms with Crippen LogP contribution in [0, 0.1) is 11.8 Å². The van der Waals surface area contributed by atoms with Crippen LogP contribution in [0.4, 0.5) is 0 Å². The van der Waals surface area contributed by atoms with Gasteiger partial charge < -0.3 is 15.5 Å². The molecule has 0 aromatic heterocycles. The number of nitrogens with one attached hydrogen (secondary N) is 2. The maximum Gasteiger partial charge on any atom is 0.239 e. The minimum absolute atomic E-state index is 0.0377. The van der Waals surface area contributed by atoms with Crippen LogP contribution >= 0.6 is 0 Å². The van der Waals surface area contributed by atoms with E-state index in [9.17, 15) is 14.4 Å². The summed E-state index contributed by atoms with van der Waals surface area (Å²) in [6.45, 7) is 3.91. The molecule has 0 spiro atoms. The molecule has 2 amide bonds. The van der Waals surface area contributed by atoms with Crippen LogP contribution in [0.25, 0.3) is 0 Å². The number of ketones is 1. The number of amides is 2. The van der Waals surface area contributed by atoms with E-state index in [4.69, 9.17) is 0 Å². The first-order valence-corrected chi connectivity index (χ1v) is 9.39. The van der Waals surface area contributed by atoms with Crippen LogP contribution in [0.5, 0.6) is 0 Å². The second-order valence-corrected chi connectivity index (χ2v) is 7.31. The molecule has 2 saturated heterocycles. The zero-order chi connectivity index (χ0) is 18.5. The Balaban J connectivity index is 1.43. The topological polar surface area (TPSA) is 78.5 Å². The van der Waals surface area contributed by atoms with Gasteiger partial charge >= 0.3 is 0 Å². The van der Waals surface area contributed by atoms with E-state index in [1.165, 1.54) is 0 Å². The summed E-state index contributed by atoms with van der Waals surface area (Å²) in [5.74, 6) is 0.185. The van der Waals surface area contributed by atoms with E-state index in [-0.39, 0.29) is 35.5 Å². The third-order valence-corrected chi connectivity index (χ3v) is 5.49. The number of piperidine rings is 1. The first-order chi connectivity index (χ1) is 12.5. The van der Waals surface area contributed by atoms with Crippen LogP contribution in [0.15, 0.2) is 30.3 Å². The van der Waals surface area contributed by atoms with E-state index in [0.717, 1.165) is 5.56 Å². The average Bonchev–Trinajstić information content (AvgIpc) is 3.17. The molecule has 3 rings (SSSR count). The van der Waals surface area contributed by atoms with Crippen molar-refractivity contribution >= 4 is 17.6 Å². The van der Waals surface area contributed by atoms with Crippen molar-refractivity contribution in [1.82, 2.24) is 15.5 Å². The molecule has 2 N–H and O–H groups in total. The Kier molecular flexibility index (Phi) is 6.04. The van der Waals surface area contributed by atoms with Gasteiger partial charge in [0.05, 0.1) is 6.04 Å². The molecule has 2 fully saturated rings. The molecular weight excluding hydrogens is 330 g/mol. The van der Waals surface area contributed by atoms with Gasteiger partial charge in [-0.15, -0.1) is 0 Å². The van der Waals surface area contributed by atoms with E-state index in [2.05, 4.69) is 10.6 Å². The zero-order valence-corrected chi connectivity index (χ0v) is 15.2. The molecule has 0 radical (unpaired) electrons. The van der Waals surface area contributed by atoms with E-state index in [1.54, 1.807) is 6.92 Å². The summed E-state index contributed by atoms with van der Waals surface area (Å²) in [5, 5.41) is 6.16. The van der Waals surface area contributed by atoms with Crippen LogP contribution in [-0.2, 0) is 20.9 Å². The Labute approximate surface area is 154 Å². The molecule has 2 heterocycles. The first-order valence-electron chi connectivity index (χ1n) is 9.39. The van der Waals surface area contributed by atoms with E-state index in [0.29, 0.717) is 45.4 Å². The van der Waals surface area contributed by atoms with Crippen molar-refractivity contribution in [3.63, 3.8) is 0 Å². The van der Waals surface area contributed by atoms with Gasteiger partial charge in [0.15, 0.2) is 0 Å². The van der Waals surface area contributed by atoms with E-state index in [1.807, 2.05) is 35.2 Å². The summed E-state index contributed by atoms with van der Waals surface area (Å²) in [7, 11) is 0. The highest BCUT2D eigenvalue weighted by Crippen LogP contribution is 2.22. The standard InChI is InChI=1S/C20H27N3O3/c1-14(24)17-11-18(21-13-17)20(26)23-9-7-16(8-10-23)19(25)22-12-15-5-3-2-4-6-15/h2-6,16-18,21H,7-13H2,1H3,(H,22,25). The zero-order valence-electron chi connectivity index (χ0n) is 15.2. The van der Waals surface area contributed by atoms with E-state index < -0.39 is 0 Å². The lowest BCUT2D eigenvalue weighted by atomic mass is 9.94. The fourth-order valence-corrected chi connectivity index (χ4v) is 3.75. The highest BCUT2D eigenvalue weighted by atomic mass is 16.2. The summed E-state index contributed by atoms with van der Waals surface area (Å²) >= 11 is 0.